The minimum Gasteiger partial charge on any atom is -0.481 e. The average Bonchev–Trinajstić information content (AvgIpc) is 2.42. The monoisotopic (exact) mass is 313 g/mol. The fraction of sp³-hybridized carbons (Fsp3) is 0.429. The summed E-state index contributed by atoms with van der Waals surface area (Å²) in [5.74, 6) is -1.17. The SMILES string of the molecule is CC(C)C(=O)c1ccc(S(=O)(=O)NCCCC(=O)O)cc1. The minimum atomic E-state index is -3.68. The number of ketones is 1. The van der Waals surface area contributed by atoms with E-state index in [4.69, 9.17) is 5.11 Å². The number of rotatable bonds is 8. The molecule has 0 bridgehead atoms. The zero-order valence-electron chi connectivity index (χ0n) is 12.0. The van der Waals surface area contributed by atoms with E-state index in [0.717, 1.165) is 0 Å². The van der Waals surface area contributed by atoms with Crippen LogP contribution in [-0.4, -0.2) is 31.8 Å². The van der Waals surface area contributed by atoms with E-state index >= 15 is 0 Å². The molecule has 0 spiro atoms. The Morgan fingerprint density at radius 2 is 1.76 bits per heavy atom. The van der Waals surface area contributed by atoms with Crippen LogP contribution < -0.4 is 4.72 Å². The van der Waals surface area contributed by atoms with Crippen molar-refractivity contribution < 1.29 is 23.1 Å². The van der Waals surface area contributed by atoms with Crippen LogP contribution in [0.4, 0.5) is 0 Å². The number of carbonyl (C=O) groups excluding carboxylic acids is 1. The van der Waals surface area contributed by atoms with Gasteiger partial charge in [0.25, 0.3) is 0 Å². The molecule has 0 fully saturated rings. The Labute approximate surface area is 124 Å². The molecule has 1 aromatic rings. The molecule has 0 saturated carbocycles. The van der Waals surface area contributed by atoms with Gasteiger partial charge in [-0.25, -0.2) is 13.1 Å². The third-order valence-corrected chi connectivity index (χ3v) is 4.31. The van der Waals surface area contributed by atoms with Crippen LogP contribution in [-0.2, 0) is 14.8 Å². The van der Waals surface area contributed by atoms with E-state index in [9.17, 15) is 18.0 Å². The van der Waals surface area contributed by atoms with E-state index in [0.29, 0.717) is 5.56 Å². The normalized spacial score (nSPS) is 11.6. The number of carboxylic acids is 1. The molecule has 1 aromatic carbocycles. The molecule has 6 nitrogen and oxygen atoms in total. The molecule has 21 heavy (non-hydrogen) atoms. The van der Waals surface area contributed by atoms with Crippen molar-refractivity contribution >= 4 is 21.8 Å². The first-order valence-corrected chi connectivity index (χ1v) is 8.08. The number of hydrogen-bond acceptors (Lipinski definition) is 4. The molecule has 0 aliphatic heterocycles. The van der Waals surface area contributed by atoms with Crippen LogP contribution in [0.3, 0.4) is 0 Å². The van der Waals surface area contributed by atoms with Crippen molar-refractivity contribution in [2.45, 2.75) is 31.6 Å². The van der Waals surface area contributed by atoms with E-state index in [1.165, 1.54) is 24.3 Å². The maximum Gasteiger partial charge on any atom is 0.303 e. The lowest BCUT2D eigenvalue weighted by molar-refractivity contribution is -0.137. The van der Waals surface area contributed by atoms with E-state index in [1.54, 1.807) is 13.8 Å². The van der Waals surface area contributed by atoms with Crippen LogP contribution in [0.15, 0.2) is 29.2 Å². The predicted octanol–water partition coefficient (Wildman–Crippen LogP) is 1.67. The van der Waals surface area contributed by atoms with Crippen LogP contribution in [0.2, 0.25) is 0 Å². The average molecular weight is 313 g/mol. The van der Waals surface area contributed by atoms with Gasteiger partial charge in [0, 0.05) is 24.4 Å². The minimum absolute atomic E-state index is 0.0478. The first-order chi connectivity index (χ1) is 9.74. The summed E-state index contributed by atoms with van der Waals surface area (Å²) in [5, 5.41) is 8.48. The maximum atomic E-state index is 11.9. The highest BCUT2D eigenvalue weighted by Gasteiger charge is 2.15. The standard InChI is InChI=1S/C14H19NO5S/c1-10(2)14(18)11-5-7-12(8-6-11)21(19,20)15-9-3-4-13(16)17/h5-8,10,15H,3-4,9H2,1-2H3,(H,16,17). The Hall–Kier alpha value is -1.73. The highest BCUT2D eigenvalue weighted by Crippen LogP contribution is 2.13. The summed E-state index contributed by atoms with van der Waals surface area (Å²) in [6.07, 6.45) is 0.128. The van der Waals surface area contributed by atoms with Crippen molar-refractivity contribution in [3.63, 3.8) is 0 Å². The summed E-state index contributed by atoms with van der Waals surface area (Å²) in [6.45, 7) is 3.61. The van der Waals surface area contributed by atoms with Gasteiger partial charge in [-0.3, -0.25) is 9.59 Å². The van der Waals surface area contributed by atoms with Gasteiger partial charge in [0.05, 0.1) is 4.90 Å². The molecule has 0 radical (unpaired) electrons. The highest BCUT2D eigenvalue weighted by molar-refractivity contribution is 7.89. The Bertz CT molecular complexity index is 605. The van der Waals surface area contributed by atoms with Crippen molar-refractivity contribution in [3.05, 3.63) is 29.8 Å². The number of hydrogen-bond donors (Lipinski definition) is 2. The molecule has 0 saturated heterocycles. The van der Waals surface area contributed by atoms with Crippen molar-refractivity contribution in [3.8, 4) is 0 Å². The third-order valence-electron chi connectivity index (χ3n) is 2.83. The van der Waals surface area contributed by atoms with Crippen molar-refractivity contribution in [1.29, 1.82) is 0 Å². The molecule has 0 amide bonds. The molecule has 0 heterocycles. The van der Waals surface area contributed by atoms with E-state index in [2.05, 4.69) is 4.72 Å². The van der Waals surface area contributed by atoms with Crippen LogP contribution in [0.25, 0.3) is 0 Å². The Morgan fingerprint density at radius 3 is 2.24 bits per heavy atom. The van der Waals surface area contributed by atoms with Crippen LogP contribution >= 0.6 is 0 Å². The molecule has 7 heteroatoms. The van der Waals surface area contributed by atoms with Crippen LogP contribution in [0.5, 0.6) is 0 Å². The fourth-order valence-corrected chi connectivity index (χ4v) is 2.74. The molecule has 0 unspecified atom stereocenters. The summed E-state index contributed by atoms with van der Waals surface area (Å²) in [5.41, 5.74) is 0.467. The predicted molar refractivity (Wildman–Crippen MR) is 77.7 cm³/mol. The Balaban J connectivity index is 2.71. The smallest absolute Gasteiger partial charge is 0.303 e. The second kappa shape index (κ2) is 7.33. The second-order valence-corrected chi connectivity index (χ2v) is 6.71. The second-order valence-electron chi connectivity index (χ2n) is 4.94. The Morgan fingerprint density at radius 1 is 1.19 bits per heavy atom. The van der Waals surface area contributed by atoms with E-state index in [1.807, 2.05) is 0 Å². The van der Waals surface area contributed by atoms with Gasteiger partial charge in [-0.15, -0.1) is 0 Å². The van der Waals surface area contributed by atoms with Crippen molar-refractivity contribution in [2.75, 3.05) is 6.54 Å². The summed E-state index contributed by atoms with van der Waals surface area (Å²) in [4.78, 5) is 22.2. The molecular formula is C14H19NO5S. The van der Waals surface area contributed by atoms with E-state index < -0.39 is 16.0 Å². The summed E-state index contributed by atoms with van der Waals surface area (Å²) in [6, 6.07) is 5.70. The third kappa shape index (κ3) is 5.28. The molecule has 0 atom stereocenters. The Kier molecular flexibility index (Phi) is 6.04. The van der Waals surface area contributed by atoms with Crippen molar-refractivity contribution in [1.82, 2.24) is 4.72 Å². The molecule has 0 aliphatic carbocycles. The van der Waals surface area contributed by atoms with Gasteiger partial charge in [0.2, 0.25) is 10.0 Å². The number of carboxylic acid groups (broad SMARTS) is 1. The van der Waals surface area contributed by atoms with Gasteiger partial charge in [-0.05, 0) is 18.6 Å². The lowest BCUT2D eigenvalue weighted by Gasteiger charge is -2.08. The topological polar surface area (TPSA) is 101 Å². The number of aliphatic carboxylic acids is 1. The number of sulfonamides is 1. The van der Waals surface area contributed by atoms with Crippen molar-refractivity contribution in [2.24, 2.45) is 5.92 Å². The maximum absolute atomic E-state index is 11.9. The van der Waals surface area contributed by atoms with Crippen LogP contribution in [0, 0.1) is 5.92 Å². The number of nitrogens with one attached hydrogen (secondary N) is 1. The molecule has 0 aliphatic rings. The van der Waals surface area contributed by atoms with Gasteiger partial charge >= 0.3 is 5.97 Å². The van der Waals surface area contributed by atoms with Gasteiger partial charge in [-0.2, -0.15) is 0 Å². The van der Waals surface area contributed by atoms with E-state index in [-0.39, 0.29) is 36.0 Å². The van der Waals surface area contributed by atoms with Crippen LogP contribution in [0.1, 0.15) is 37.0 Å². The number of benzene rings is 1. The molecule has 2 N–H and O–H groups in total. The molecular weight excluding hydrogens is 294 g/mol. The van der Waals surface area contributed by atoms with Gasteiger partial charge in [0.1, 0.15) is 0 Å². The quantitative estimate of drug-likeness (QED) is 0.561. The molecule has 116 valence electrons. The first-order valence-electron chi connectivity index (χ1n) is 6.60. The summed E-state index contributed by atoms with van der Waals surface area (Å²) in [7, 11) is -3.68. The first kappa shape index (κ1) is 17.3. The zero-order chi connectivity index (χ0) is 16.0. The van der Waals surface area contributed by atoms with Gasteiger partial charge < -0.3 is 5.11 Å². The van der Waals surface area contributed by atoms with Gasteiger partial charge in [-0.1, -0.05) is 26.0 Å². The zero-order valence-corrected chi connectivity index (χ0v) is 12.8. The highest BCUT2D eigenvalue weighted by atomic mass is 32.2. The molecule has 0 aromatic heterocycles. The number of Topliss-reactive ketones (excluding diaryl/α,β-unsaturated/α-hetero) is 1. The lowest BCUT2D eigenvalue weighted by Crippen LogP contribution is -2.25. The largest absolute Gasteiger partial charge is 0.481 e. The lowest BCUT2D eigenvalue weighted by atomic mass is 10.0. The molecule has 1 rings (SSSR count). The number of carbonyl (C=O) groups is 2. The summed E-state index contributed by atoms with van der Waals surface area (Å²) >= 11 is 0. The van der Waals surface area contributed by atoms with Gasteiger partial charge in [0.15, 0.2) is 5.78 Å². The fourth-order valence-electron chi connectivity index (χ4n) is 1.66. The summed E-state index contributed by atoms with van der Waals surface area (Å²) < 4.78 is 26.2.